The average Bonchev–Trinajstić information content (AvgIpc) is 2.48. The van der Waals surface area contributed by atoms with Crippen molar-refractivity contribution in [3.63, 3.8) is 0 Å². The van der Waals surface area contributed by atoms with Crippen LogP contribution in [0.4, 0.5) is 0 Å². The van der Waals surface area contributed by atoms with Gasteiger partial charge in [0.1, 0.15) is 17.6 Å². The van der Waals surface area contributed by atoms with E-state index in [-0.39, 0.29) is 0 Å². The third-order valence-corrected chi connectivity index (χ3v) is 3.30. The highest BCUT2D eigenvalue weighted by Crippen LogP contribution is 2.27. The number of ether oxygens (including phenoxy) is 2. The van der Waals surface area contributed by atoms with Crippen LogP contribution in [0.5, 0.6) is 11.5 Å². The molecule has 0 radical (unpaired) electrons. The summed E-state index contributed by atoms with van der Waals surface area (Å²) in [4.78, 5) is 0. The van der Waals surface area contributed by atoms with Gasteiger partial charge in [0.15, 0.2) is 0 Å². The molecule has 0 saturated carbocycles. The quantitative estimate of drug-likeness (QED) is 0.820. The highest BCUT2D eigenvalue weighted by atomic mass is 79.9. The van der Waals surface area contributed by atoms with Gasteiger partial charge in [-0.25, -0.2) is 0 Å². The maximum absolute atomic E-state index is 9.10. The lowest BCUT2D eigenvalue weighted by Crippen LogP contribution is -1.94. The molecule has 0 unspecified atom stereocenters. The van der Waals surface area contributed by atoms with E-state index >= 15 is 0 Å². The summed E-state index contributed by atoms with van der Waals surface area (Å²) in [5.74, 6) is 1.27. The molecule has 0 aliphatic rings. The summed E-state index contributed by atoms with van der Waals surface area (Å²) in [6, 6.07) is 15.3. The fraction of sp³-hybridized carbons (Fsp3) is 0.188. The van der Waals surface area contributed by atoms with Crippen molar-refractivity contribution in [2.45, 2.75) is 6.42 Å². The molecule has 20 heavy (non-hydrogen) atoms. The van der Waals surface area contributed by atoms with Gasteiger partial charge >= 0.3 is 0 Å². The van der Waals surface area contributed by atoms with Crippen molar-refractivity contribution in [1.29, 1.82) is 5.26 Å². The largest absolute Gasteiger partial charge is 0.456 e. The van der Waals surface area contributed by atoms with Crippen LogP contribution in [0.2, 0.25) is 0 Å². The number of hydrogen-bond donors (Lipinski definition) is 0. The summed E-state index contributed by atoms with van der Waals surface area (Å²) in [6.45, 7) is 0.700. The zero-order valence-corrected chi connectivity index (χ0v) is 12.7. The molecule has 102 valence electrons. The minimum absolute atomic E-state index is 0.503. The molecular formula is C16H14BrNO2. The number of halogens is 1. The second-order valence-electron chi connectivity index (χ2n) is 4.24. The number of rotatable bonds is 5. The Morgan fingerprint density at radius 3 is 2.55 bits per heavy atom. The Hall–Kier alpha value is -1.83. The van der Waals surface area contributed by atoms with Crippen LogP contribution in [0.15, 0.2) is 46.9 Å². The third-order valence-electron chi connectivity index (χ3n) is 2.81. The maximum atomic E-state index is 9.10. The van der Waals surface area contributed by atoms with E-state index in [0.717, 1.165) is 10.9 Å². The first kappa shape index (κ1) is 14.6. The lowest BCUT2D eigenvalue weighted by molar-refractivity contribution is 0.202. The van der Waals surface area contributed by atoms with Crippen LogP contribution in [0.25, 0.3) is 0 Å². The summed E-state index contributed by atoms with van der Waals surface area (Å²) in [7, 11) is 1.69. The van der Waals surface area contributed by atoms with E-state index in [4.69, 9.17) is 14.7 Å². The van der Waals surface area contributed by atoms with Crippen molar-refractivity contribution in [3.8, 4) is 17.6 Å². The molecule has 2 aromatic rings. The maximum Gasteiger partial charge on any atom is 0.145 e. The first-order valence-electron chi connectivity index (χ1n) is 6.18. The molecule has 0 aliphatic carbocycles. The molecule has 4 heteroatoms. The van der Waals surface area contributed by atoms with Crippen molar-refractivity contribution < 1.29 is 9.47 Å². The molecule has 0 fully saturated rings. The van der Waals surface area contributed by atoms with Crippen LogP contribution in [0.1, 0.15) is 11.1 Å². The van der Waals surface area contributed by atoms with Gasteiger partial charge in [-0.15, -0.1) is 0 Å². The molecule has 0 heterocycles. The second-order valence-corrected chi connectivity index (χ2v) is 5.16. The first-order chi connectivity index (χ1) is 9.72. The normalized spacial score (nSPS) is 10.1. The number of hydrogen-bond acceptors (Lipinski definition) is 3. The highest BCUT2D eigenvalue weighted by Gasteiger charge is 2.05. The van der Waals surface area contributed by atoms with Crippen molar-refractivity contribution >= 4 is 15.9 Å². The molecule has 2 rings (SSSR count). The second kappa shape index (κ2) is 7.09. The highest BCUT2D eigenvalue weighted by molar-refractivity contribution is 9.10. The van der Waals surface area contributed by atoms with Gasteiger partial charge in [0.05, 0.1) is 12.2 Å². The number of nitriles is 1. The zero-order valence-electron chi connectivity index (χ0n) is 11.1. The van der Waals surface area contributed by atoms with Gasteiger partial charge in [0, 0.05) is 11.6 Å². The fourth-order valence-corrected chi connectivity index (χ4v) is 2.11. The summed E-state index contributed by atoms with van der Waals surface area (Å²) in [6.07, 6.45) is 0.874. The predicted octanol–water partition coefficient (Wildman–Crippen LogP) is 4.30. The summed E-state index contributed by atoms with van der Waals surface area (Å²) in [5.41, 5.74) is 1.69. The molecule has 0 bridgehead atoms. The molecule has 0 N–H and O–H groups in total. The van der Waals surface area contributed by atoms with Crippen LogP contribution in [-0.2, 0) is 11.2 Å². The van der Waals surface area contributed by atoms with Gasteiger partial charge < -0.3 is 9.47 Å². The minimum atomic E-state index is 0.503. The van der Waals surface area contributed by atoms with Crippen molar-refractivity contribution in [3.05, 3.63) is 58.1 Å². The van der Waals surface area contributed by atoms with Crippen molar-refractivity contribution in [2.75, 3.05) is 13.7 Å². The lowest BCUT2D eigenvalue weighted by Gasteiger charge is -2.08. The third kappa shape index (κ3) is 3.83. The van der Waals surface area contributed by atoms with E-state index in [1.807, 2.05) is 30.3 Å². The Morgan fingerprint density at radius 1 is 1.15 bits per heavy atom. The van der Waals surface area contributed by atoms with E-state index in [2.05, 4.69) is 22.0 Å². The van der Waals surface area contributed by atoms with Crippen LogP contribution in [0.3, 0.4) is 0 Å². The van der Waals surface area contributed by atoms with E-state index < -0.39 is 0 Å². The van der Waals surface area contributed by atoms with Gasteiger partial charge in [-0.1, -0.05) is 28.1 Å². The standard InChI is InChI=1S/C16H14BrNO2/c1-19-9-8-12-2-5-15(6-3-12)20-16-7-4-14(17)10-13(16)11-18/h2-7,10H,8-9H2,1H3. The van der Waals surface area contributed by atoms with Gasteiger partial charge in [0.2, 0.25) is 0 Å². The molecule has 0 amide bonds. The topological polar surface area (TPSA) is 42.2 Å². The molecule has 3 nitrogen and oxygen atoms in total. The van der Waals surface area contributed by atoms with Crippen LogP contribution in [0, 0.1) is 11.3 Å². The molecule has 0 spiro atoms. The molecule has 0 aromatic heterocycles. The average molecular weight is 332 g/mol. The van der Waals surface area contributed by atoms with Crippen LogP contribution >= 0.6 is 15.9 Å². The van der Waals surface area contributed by atoms with E-state index in [1.165, 1.54) is 5.56 Å². The van der Waals surface area contributed by atoms with Gasteiger partial charge in [-0.05, 0) is 42.3 Å². The Balaban J connectivity index is 2.12. The Kier molecular flexibility index (Phi) is 5.16. The Labute approximate surface area is 126 Å². The molecule has 0 atom stereocenters. The molecule has 0 aliphatic heterocycles. The van der Waals surface area contributed by atoms with E-state index in [1.54, 1.807) is 19.2 Å². The monoisotopic (exact) mass is 331 g/mol. The Morgan fingerprint density at radius 2 is 1.90 bits per heavy atom. The summed E-state index contributed by atoms with van der Waals surface area (Å²) < 4.78 is 11.6. The number of methoxy groups -OCH3 is 1. The molecule has 2 aromatic carbocycles. The number of nitrogens with zero attached hydrogens (tertiary/aromatic N) is 1. The van der Waals surface area contributed by atoms with Gasteiger partial charge in [0.25, 0.3) is 0 Å². The lowest BCUT2D eigenvalue weighted by atomic mass is 10.1. The molecule has 0 saturated heterocycles. The summed E-state index contributed by atoms with van der Waals surface area (Å²) >= 11 is 3.34. The van der Waals surface area contributed by atoms with Gasteiger partial charge in [-0.2, -0.15) is 5.26 Å². The van der Waals surface area contributed by atoms with E-state index in [9.17, 15) is 0 Å². The van der Waals surface area contributed by atoms with Crippen LogP contribution in [-0.4, -0.2) is 13.7 Å². The zero-order chi connectivity index (χ0) is 14.4. The SMILES string of the molecule is COCCc1ccc(Oc2ccc(Br)cc2C#N)cc1. The smallest absolute Gasteiger partial charge is 0.145 e. The van der Waals surface area contributed by atoms with Crippen LogP contribution < -0.4 is 4.74 Å². The van der Waals surface area contributed by atoms with E-state index in [0.29, 0.717) is 23.7 Å². The fourth-order valence-electron chi connectivity index (χ4n) is 1.75. The van der Waals surface area contributed by atoms with Crippen molar-refractivity contribution in [1.82, 2.24) is 0 Å². The Bertz CT molecular complexity index is 617. The predicted molar refractivity (Wildman–Crippen MR) is 81.0 cm³/mol. The number of benzene rings is 2. The summed E-state index contributed by atoms with van der Waals surface area (Å²) in [5, 5.41) is 9.10. The minimum Gasteiger partial charge on any atom is -0.456 e. The van der Waals surface area contributed by atoms with Crippen molar-refractivity contribution in [2.24, 2.45) is 0 Å². The molecular weight excluding hydrogens is 318 g/mol. The van der Waals surface area contributed by atoms with Gasteiger partial charge in [-0.3, -0.25) is 0 Å². The first-order valence-corrected chi connectivity index (χ1v) is 6.97.